The summed E-state index contributed by atoms with van der Waals surface area (Å²) in [6.45, 7) is 2.21. The number of ether oxygens (including phenoxy) is 2. The molecule has 1 heterocycles. The molecule has 0 spiro atoms. The number of pyridine rings is 1. The Morgan fingerprint density at radius 1 is 1.44 bits per heavy atom. The lowest BCUT2D eigenvalue weighted by atomic mass is 10.2. The van der Waals surface area contributed by atoms with E-state index >= 15 is 0 Å². The molecule has 1 amide bonds. The van der Waals surface area contributed by atoms with Gasteiger partial charge in [-0.3, -0.25) is 9.78 Å². The predicted octanol–water partition coefficient (Wildman–Crippen LogP) is 0.323. The minimum absolute atomic E-state index is 0.0723. The summed E-state index contributed by atoms with van der Waals surface area (Å²) < 4.78 is 10.4. The van der Waals surface area contributed by atoms with E-state index in [0.29, 0.717) is 23.7 Å². The third-order valence-electron chi connectivity index (χ3n) is 2.58. The average Bonchev–Trinajstić information content (AvgIpc) is 2.42. The standard InChI is InChI=1S/C12H19N3O3/c1-8(12(16)13-2)15-7-9-11(18-4)10(17-3)5-6-14-9/h5-6,8,15H,7H2,1-4H3,(H,13,16). The third-order valence-corrected chi connectivity index (χ3v) is 2.58. The highest BCUT2D eigenvalue weighted by molar-refractivity contribution is 5.80. The van der Waals surface area contributed by atoms with Crippen LogP contribution in [0.5, 0.6) is 11.5 Å². The summed E-state index contributed by atoms with van der Waals surface area (Å²) in [6, 6.07) is 1.43. The lowest BCUT2D eigenvalue weighted by Gasteiger charge is -2.15. The second kappa shape index (κ2) is 6.80. The van der Waals surface area contributed by atoms with Gasteiger partial charge < -0.3 is 20.1 Å². The zero-order valence-corrected chi connectivity index (χ0v) is 11.1. The Bertz CT molecular complexity index is 410. The molecule has 0 saturated carbocycles. The quantitative estimate of drug-likeness (QED) is 0.764. The third kappa shape index (κ3) is 3.33. The van der Waals surface area contributed by atoms with Crippen LogP contribution in [0.3, 0.4) is 0 Å². The summed E-state index contributed by atoms with van der Waals surface area (Å²) in [7, 11) is 4.73. The van der Waals surface area contributed by atoms with E-state index < -0.39 is 0 Å². The SMILES string of the molecule is CNC(=O)C(C)NCc1nccc(OC)c1OC. The highest BCUT2D eigenvalue weighted by Gasteiger charge is 2.14. The highest BCUT2D eigenvalue weighted by atomic mass is 16.5. The number of likely N-dealkylation sites (N-methyl/N-ethyl adjacent to an activating group) is 1. The number of carbonyl (C=O) groups is 1. The van der Waals surface area contributed by atoms with Gasteiger partial charge in [0, 0.05) is 25.9 Å². The van der Waals surface area contributed by atoms with Crippen molar-refractivity contribution in [1.29, 1.82) is 0 Å². The van der Waals surface area contributed by atoms with Gasteiger partial charge in [-0.15, -0.1) is 0 Å². The van der Waals surface area contributed by atoms with E-state index in [1.165, 1.54) is 0 Å². The number of rotatable bonds is 6. The second-order valence-corrected chi connectivity index (χ2v) is 3.71. The maximum atomic E-state index is 11.4. The first-order valence-electron chi connectivity index (χ1n) is 5.64. The van der Waals surface area contributed by atoms with Crippen molar-refractivity contribution in [1.82, 2.24) is 15.6 Å². The number of nitrogens with zero attached hydrogens (tertiary/aromatic N) is 1. The van der Waals surface area contributed by atoms with Crippen molar-refractivity contribution in [3.05, 3.63) is 18.0 Å². The lowest BCUT2D eigenvalue weighted by molar-refractivity contribution is -0.122. The van der Waals surface area contributed by atoms with E-state index in [9.17, 15) is 4.79 Å². The molecule has 0 aliphatic heterocycles. The molecule has 1 atom stereocenters. The van der Waals surface area contributed by atoms with Crippen LogP contribution in [-0.4, -0.2) is 38.2 Å². The predicted molar refractivity (Wildman–Crippen MR) is 67.7 cm³/mol. The fourth-order valence-electron chi connectivity index (χ4n) is 1.54. The van der Waals surface area contributed by atoms with Gasteiger partial charge in [-0.1, -0.05) is 0 Å². The molecule has 0 aliphatic rings. The van der Waals surface area contributed by atoms with Crippen LogP contribution in [0, 0.1) is 0 Å². The lowest BCUT2D eigenvalue weighted by Crippen LogP contribution is -2.40. The average molecular weight is 253 g/mol. The van der Waals surface area contributed by atoms with Gasteiger partial charge in [-0.2, -0.15) is 0 Å². The molecular weight excluding hydrogens is 234 g/mol. The molecule has 1 aromatic rings. The fraction of sp³-hybridized carbons (Fsp3) is 0.500. The van der Waals surface area contributed by atoms with Gasteiger partial charge >= 0.3 is 0 Å². The number of amides is 1. The molecule has 1 aromatic heterocycles. The van der Waals surface area contributed by atoms with E-state index in [4.69, 9.17) is 9.47 Å². The Morgan fingerprint density at radius 3 is 2.72 bits per heavy atom. The molecule has 6 nitrogen and oxygen atoms in total. The van der Waals surface area contributed by atoms with Gasteiger partial charge in [0.15, 0.2) is 11.5 Å². The van der Waals surface area contributed by atoms with Crippen molar-refractivity contribution < 1.29 is 14.3 Å². The monoisotopic (exact) mass is 253 g/mol. The molecule has 100 valence electrons. The number of nitrogens with one attached hydrogen (secondary N) is 2. The minimum atomic E-state index is -0.298. The van der Waals surface area contributed by atoms with Crippen LogP contribution in [0.25, 0.3) is 0 Å². The van der Waals surface area contributed by atoms with Crippen molar-refractivity contribution in [3.8, 4) is 11.5 Å². The van der Waals surface area contributed by atoms with Crippen LogP contribution in [-0.2, 0) is 11.3 Å². The molecule has 0 aromatic carbocycles. The maximum Gasteiger partial charge on any atom is 0.236 e. The molecule has 1 unspecified atom stereocenters. The number of hydrogen-bond donors (Lipinski definition) is 2. The van der Waals surface area contributed by atoms with Crippen molar-refractivity contribution >= 4 is 5.91 Å². The fourth-order valence-corrected chi connectivity index (χ4v) is 1.54. The maximum absolute atomic E-state index is 11.4. The van der Waals surface area contributed by atoms with Crippen LogP contribution in [0.15, 0.2) is 12.3 Å². The number of aromatic nitrogens is 1. The van der Waals surface area contributed by atoms with Gasteiger partial charge in [0.2, 0.25) is 5.91 Å². The molecule has 18 heavy (non-hydrogen) atoms. The first kappa shape index (κ1) is 14.2. The first-order chi connectivity index (χ1) is 8.63. The summed E-state index contributed by atoms with van der Waals surface area (Å²) in [5.41, 5.74) is 0.701. The van der Waals surface area contributed by atoms with E-state index in [1.54, 1.807) is 40.5 Å². The van der Waals surface area contributed by atoms with Crippen molar-refractivity contribution in [3.63, 3.8) is 0 Å². The molecule has 0 bridgehead atoms. The summed E-state index contributed by atoms with van der Waals surface area (Å²) in [6.07, 6.45) is 1.64. The highest BCUT2D eigenvalue weighted by Crippen LogP contribution is 2.28. The molecule has 0 aliphatic carbocycles. The number of carbonyl (C=O) groups excluding carboxylic acids is 1. The van der Waals surface area contributed by atoms with Crippen molar-refractivity contribution in [2.45, 2.75) is 19.5 Å². The van der Waals surface area contributed by atoms with Gasteiger partial charge in [0.05, 0.1) is 26.0 Å². The summed E-state index contributed by atoms with van der Waals surface area (Å²) in [4.78, 5) is 15.6. The normalized spacial score (nSPS) is 11.8. The van der Waals surface area contributed by atoms with Gasteiger partial charge in [0.1, 0.15) is 0 Å². The summed E-state index contributed by atoms with van der Waals surface area (Å²) >= 11 is 0. The van der Waals surface area contributed by atoms with E-state index in [-0.39, 0.29) is 11.9 Å². The molecule has 0 radical (unpaired) electrons. The van der Waals surface area contributed by atoms with Crippen LogP contribution >= 0.6 is 0 Å². The largest absolute Gasteiger partial charge is 0.493 e. The zero-order valence-electron chi connectivity index (χ0n) is 11.1. The Labute approximate surface area is 107 Å². The van der Waals surface area contributed by atoms with Gasteiger partial charge in [-0.25, -0.2) is 0 Å². The van der Waals surface area contributed by atoms with Crippen LogP contribution < -0.4 is 20.1 Å². The Hall–Kier alpha value is -1.82. The smallest absolute Gasteiger partial charge is 0.236 e. The molecular formula is C12H19N3O3. The first-order valence-corrected chi connectivity index (χ1v) is 5.64. The molecule has 1 rings (SSSR count). The van der Waals surface area contributed by atoms with E-state index in [2.05, 4.69) is 15.6 Å². The molecule has 0 fully saturated rings. The van der Waals surface area contributed by atoms with E-state index in [1.807, 2.05) is 0 Å². The Kier molecular flexibility index (Phi) is 5.38. The summed E-state index contributed by atoms with van der Waals surface area (Å²) in [5, 5.41) is 5.64. The number of hydrogen-bond acceptors (Lipinski definition) is 5. The van der Waals surface area contributed by atoms with Gasteiger partial charge in [-0.05, 0) is 6.92 Å². The van der Waals surface area contributed by atoms with Crippen LogP contribution in [0.2, 0.25) is 0 Å². The van der Waals surface area contributed by atoms with Crippen molar-refractivity contribution in [2.75, 3.05) is 21.3 Å². The number of methoxy groups -OCH3 is 2. The van der Waals surface area contributed by atoms with Crippen molar-refractivity contribution in [2.24, 2.45) is 0 Å². The molecule has 6 heteroatoms. The zero-order chi connectivity index (χ0) is 13.5. The Morgan fingerprint density at radius 2 is 2.17 bits per heavy atom. The van der Waals surface area contributed by atoms with E-state index in [0.717, 1.165) is 0 Å². The minimum Gasteiger partial charge on any atom is -0.493 e. The molecule has 2 N–H and O–H groups in total. The summed E-state index contributed by atoms with van der Waals surface area (Å²) in [5.74, 6) is 1.13. The second-order valence-electron chi connectivity index (χ2n) is 3.71. The Balaban J connectivity index is 2.75. The van der Waals surface area contributed by atoms with Gasteiger partial charge in [0.25, 0.3) is 0 Å². The van der Waals surface area contributed by atoms with Crippen LogP contribution in [0.1, 0.15) is 12.6 Å². The van der Waals surface area contributed by atoms with Crippen LogP contribution in [0.4, 0.5) is 0 Å². The molecule has 0 saturated heterocycles. The topological polar surface area (TPSA) is 72.5 Å².